The van der Waals surface area contributed by atoms with Crippen LogP contribution in [0, 0.1) is 5.82 Å². The normalized spacial score (nSPS) is 25.4. The monoisotopic (exact) mass is 517 g/mol. The van der Waals surface area contributed by atoms with Crippen LogP contribution in [0.15, 0.2) is 30.5 Å². The zero-order chi connectivity index (χ0) is 24.6. The highest BCUT2D eigenvalue weighted by Crippen LogP contribution is 2.38. The van der Waals surface area contributed by atoms with E-state index in [2.05, 4.69) is 29.9 Å². The highest BCUT2D eigenvalue weighted by Gasteiger charge is 2.45. The van der Waals surface area contributed by atoms with Crippen molar-refractivity contribution in [3.8, 4) is 0 Å². The van der Waals surface area contributed by atoms with E-state index in [-0.39, 0.29) is 22.8 Å². The van der Waals surface area contributed by atoms with Gasteiger partial charge < -0.3 is 25.2 Å². The zero-order valence-electron chi connectivity index (χ0n) is 17.9. The predicted octanol–water partition coefficient (Wildman–Crippen LogP) is 2.17. The van der Waals surface area contributed by atoms with Crippen LogP contribution in [0.3, 0.4) is 0 Å². The Bertz CT molecular complexity index is 1210. The van der Waals surface area contributed by atoms with Gasteiger partial charge in [-0.1, -0.05) is 12.1 Å². The third-order valence-electron chi connectivity index (χ3n) is 5.15. The summed E-state index contributed by atoms with van der Waals surface area (Å²) >= 11 is 6.12. The number of anilines is 1. The molecule has 0 radical (unpaired) electrons. The van der Waals surface area contributed by atoms with E-state index in [1.165, 1.54) is 23.0 Å². The molecule has 0 saturated carbocycles. The summed E-state index contributed by atoms with van der Waals surface area (Å²) in [6.07, 6.45) is -3.64. The Morgan fingerprint density at radius 1 is 1.29 bits per heavy atom. The van der Waals surface area contributed by atoms with E-state index in [9.17, 15) is 19.2 Å². The number of ether oxygens (including phenoxy) is 1. The van der Waals surface area contributed by atoms with Gasteiger partial charge in [0.25, 0.3) is 0 Å². The van der Waals surface area contributed by atoms with Gasteiger partial charge in [-0.05, 0) is 36.2 Å². The molecule has 1 aliphatic rings. The van der Waals surface area contributed by atoms with E-state index in [1.807, 2.05) is 6.92 Å². The molecule has 0 amide bonds. The topological polar surface area (TPSA) is 161 Å². The average Bonchev–Trinajstić information content (AvgIpc) is 3.29. The zero-order valence-corrected chi connectivity index (χ0v) is 19.6. The SMILES string of the molecule is CC(Nc1nc(Cl)nc2c1cnn2[C@@H]1O[C@H](COOP(C)(=O)O)[C@@H](O)[C@H]1O)c1ccc(F)cc1. The van der Waals surface area contributed by atoms with Crippen LogP contribution in [-0.4, -0.2) is 66.4 Å². The molecule has 3 heterocycles. The van der Waals surface area contributed by atoms with Crippen molar-refractivity contribution < 1.29 is 38.4 Å². The molecule has 2 aromatic heterocycles. The van der Waals surface area contributed by atoms with Gasteiger partial charge in [-0.3, -0.25) is 4.57 Å². The summed E-state index contributed by atoms with van der Waals surface area (Å²) in [5, 5.41) is 28.6. The Morgan fingerprint density at radius 2 is 2.00 bits per heavy atom. The predicted molar refractivity (Wildman–Crippen MR) is 117 cm³/mol. The molecule has 0 spiro atoms. The van der Waals surface area contributed by atoms with Gasteiger partial charge in [0.05, 0.1) is 11.6 Å². The maximum absolute atomic E-state index is 13.2. The maximum Gasteiger partial charge on any atom is 0.352 e. The van der Waals surface area contributed by atoms with Gasteiger partial charge in [0.2, 0.25) is 5.28 Å². The van der Waals surface area contributed by atoms with Crippen LogP contribution in [0.4, 0.5) is 10.2 Å². The van der Waals surface area contributed by atoms with Gasteiger partial charge in [-0.25, -0.2) is 14.0 Å². The lowest BCUT2D eigenvalue weighted by Gasteiger charge is -2.17. The van der Waals surface area contributed by atoms with E-state index >= 15 is 0 Å². The van der Waals surface area contributed by atoms with Crippen molar-refractivity contribution in [2.45, 2.75) is 37.5 Å². The molecule has 184 valence electrons. The Labute approximate surface area is 197 Å². The molecule has 2 unspecified atom stereocenters. The summed E-state index contributed by atoms with van der Waals surface area (Å²) < 4.78 is 35.6. The third kappa shape index (κ3) is 5.37. The molecule has 0 aliphatic carbocycles. The Hall–Kier alpha value is -2.22. The number of benzene rings is 1. The van der Waals surface area contributed by atoms with Crippen LogP contribution in [0.1, 0.15) is 24.8 Å². The van der Waals surface area contributed by atoms with Crippen molar-refractivity contribution in [2.75, 3.05) is 18.6 Å². The first-order valence-corrected chi connectivity index (χ1v) is 12.5. The minimum absolute atomic E-state index is 0.106. The number of hydrogen-bond donors (Lipinski definition) is 4. The van der Waals surface area contributed by atoms with Crippen LogP contribution in [0.25, 0.3) is 11.0 Å². The van der Waals surface area contributed by atoms with Crippen molar-refractivity contribution in [2.24, 2.45) is 0 Å². The number of rotatable bonds is 8. The molecular weight excluding hydrogens is 496 g/mol. The lowest BCUT2D eigenvalue weighted by atomic mass is 10.1. The lowest BCUT2D eigenvalue weighted by Crippen LogP contribution is -2.34. The van der Waals surface area contributed by atoms with Crippen molar-refractivity contribution in [3.05, 3.63) is 47.1 Å². The van der Waals surface area contributed by atoms with Crippen molar-refractivity contribution >= 4 is 36.0 Å². The fourth-order valence-electron chi connectivity index (χ4n) is 3.50. The second-order valence-electron chi connectivity index (χ2n) is 7.79. The van der Waals surface area contributed by atoms with Gasteiger partial charge in [0, 0.05) is 12.7 Å². The summed E-state index contributed by atoms with van der Waals surface area (Å²) in [5.74, 6) is -0.00150. The van der Waals surface area contributed by atoms with E-state index in [0.29, 0.717) is 11.2 Å². The number of nitrogens with one attached hydrogen (secondary N) is 1. The number of aliphatic hydroxyl groups is 2. The number of aromatic nitrogens is 4. The number of halogens is 2. The third-order valence-corrected chi connectivity index (χ3v) is 5.70. The van der Waals surface area contributed by atoms with E-state index < -0.39 is 38.7 Å². The van der Waals surface area contributed by atoms with Gasteiger partial charge in [0.1, 0.15) is 36.6 Å². The first kappa shape index (κ1) is 24.9. The van der Waals surface area contributed by atoms with Crippen molar-refractivity contribution in [3.63, 3.8) is 0 Å². The van der Waals surface area contributed by atoms with Crippen molar-refractivity contribution in [1.29, 1.82) is 0 Å². The number of hydrogen-bond acceptors (Lipinski definition) is 10. The van der Waals surface area contributed by atoms with Gasteiger partial charge >= 0.3 is 7.60 Å². The molecule has 1 saturated heterocycles. The maximum atomic E-state index is 13.2. The van der Waals surface area contributed by atoms with Gasteiger partial charge in [-0.2, -0.15) is 15.1 Å². The highest BCUT2D eigenvalue weighted by atomic mass is 35.5. The number of nitrogens with zero attached hydrogens (tertiary/aromatic N) is 4. The molecule has 34 heavy (non-hydrogen) atoms. The minimum atomic E-state index is -3.90. The molecule has 12 nitrogen and oxygen atoms in total. The quantitative estimate of drug-likeness (QED) is 0.150. The van der Waals surface area contributed by atoms with Gasteiger partial charge in [-0.15, -0.1) is 4.67 Å². The Kier molecular flexibility index (Phi) is 7.17. The van der Waals surface area contributed by atoms with E-state index in [4.69, 9.17) is 21.2 Å². The molecule has 1 aromatic carbocycles. The Balaban J connectivity index is 1.56. The molecule has 1 fully saturated rings. The van der Waals surface area contributed by atoms with Gasteiger partial charge in [0.15, 0.2) is 11.9 Å². The molecule has 0 bridgehead atoms. The minimum Gasteiger partial charge on any atom is -0.387 e. The average molecular weight is 518 g/mol. The first-order chi connectivity index (χ1) is 16.0. The molecule has 4 N–H and O–H groups in total. The van der Waals surface area contributed by atoms with Crippen LogP contribution < -0.4 is 5.32 Å². The second-order valence-corrected chi connectivity index (χ2v) is 9.89. The summed E-state index contributed by atoms with van der Waals surface area (Å²) in [4.78, 5) is 22.2. The fraction of sp³-hybridized carbons (Fsp3) is 0.421. The Morgan fingerprint density at radius 3 is 2.68 bits per heavy atom. The summed E-state index contributed by atoms with van der Waals surface area (Å²) in [7, 11) is -3.90. The summed E-state index contributed by atoms with van der Waals surface area (Å²) in [5.41, 5.74) is 1.02. The van der Waals surface area contributed by atoms with Crippen LogP contribution in [-0.2, 0) is 18.9 Å². The molecule has 1 aliphatic heterocycles. The summed E-state index contributed by atoms with van der Waals surface area (Å²) in [6, 6.07) is 5.71. The molecule has 4 rings (SSSR count). The molecular formula is C19H22ClFN5O7P. The number of aliphatic hydroxyl groups excluding tert-OH is 2. The largest absolute Gasteiger partial charge is 0.387 e. The molecule has 6 atom stereocenters. The molecule has 15 heteroatoms. The standard InChI is InChI=1S/C19H22ClFN5O7P/c1-9(10-3-5-11(21)6-4-10)23-16-12-7-22-26(17(12)25-19(20)24-16)18-15(28)14(27)13(32-18)8-31-33-34(2,29)30/h3-7,9,13-15,18,27-28H,8H2,1-2H3,(H,29,30)(H,23,24,25)/t9?,13-,14-,15-,18-/m1/s1. The van der Waals surface area contributed by atoms with Crippen LogP contribution in [0.2, 0.25) is 5.28 Å². The van der Waals surface area contributed by atoms with Crippen LogP contribution >= 0.6 is 19.2 Å². The lowest BCUT2D eigenvalue weighted by molar-refractivity contribution is -0.238. The molecule has 3 aromatic rings. The first-order valence-electron chi connectivity index (χ1n) is 10.1. The van der Waals surface area contributed by atoms with E-state index in [0.717, 1.165) is 12.2 Å². The van der Waals surface area contributed by atoms with Crippen LogP contribution in [0.5, 0.6) is 0 Å². The highest BCUT2D eigenvalue weighted by molar-refractivity contribution is 7.51. The van der Waals surface area contributed by atoms with Crippen molar-refractivity contribution in [1.82, 2.24) is 19.7 Å². The summed E-state index contributed by atoms with van der Waals surface area (Å²) in [6.45, 7) is 2.36. The number of fused-ring (bicyclic) bond motifs is 1. The van der Waals surface area contributed by atoms with E-state index in [1.54, 1.807) is 12.1 Å². The second kappa shape index (κ2) is 9.80. The smallest absolute Gasteiger partial charge is 0.352 e. The fourth-order valence-corrected chi connectivity index (χ4v) is 3.92.